The quantitative estimate of drug-likeness (QED) is 0.888. The van der Waals surface area contributed by atoms with Gasteiger partial charge in [-0.05, 0) is 42.4 Å². The van der Waals surface area contributed by atoms with Crippen LogP contribution in [-0.2, 0) is 11.3 Å². The molecule has 0 radical (unpaired) electrons. The molecule has 3 rings (SSSR count). The van der Waals surface area contributed by atoms with Crippen molar-refractivity contribution in [3.05, 3.63) is 29.8 Å². The molecule has 0 bridgehead atoms. The predicted octanol–water partition coefficient (Wildman–Crippen LogP) is 2.38. The molecule has 122 valence electrons. The van der Waals surface area contributed by atoms with Crippen LogP contribution in [0, 0.1) is 5.92 Å². The largest absolute Gasteiger partial charge is 0.352 e. The zero-order valence-electron chi connectivity index (χ0n) is 13.9. The van der Waals surface area contributed by atoms with Crippen molar-refractivity contribution in [1.82, 2.24) is 25.5 Å². The number of rotatable bonds is 6. The first kappa shape index (κ1) is 15.6. The van der Waals surface area contributed by atoms with Crippen molar-refractivity contribution in [3.8, 4) is 11.4 Å². The van der Waals surface area contributed by atoms with Crippen LogP contribution in [0.25, 0.3) is 11.4 Å². The van der Waals surface area contributed by atoms with Gasteiger partial charge in [0.25, 0.3) is 0 Å². The topological polar surface area (TPSA) is 72.7 Å². The van der Waals surface area contributed by atoms with Crippen molar-refractivity contribution in [2.45, 2.75) is 52.1 Å². The molecule has 0 aliphatic heterocycles. The van der Waals surface area contributed by atoms with Gasteiger partial charge in [-0.1, -0.05) is 38.1 Å². The maximum atomic E-state index is 12.0. The Balaban J connectivity index is 1.61. The van der Waals surface area contributed by atoms with Gasteiger partial charge in [0.05, 0.1) is 0 Å². The summed E-state index contributed by atoms with van der Waals surface area (Å²) in [5, 5.41) is 15.3. The van der Waals surface area contributed by atoms with E-state index in [0.717, 1.165) is 5.56 Å². The Hall–Kier alpha value is -2.24. The van der Waals surface area contributed by atoms with E-state index < -0.39 is 0 Å². The normalized spacial score (nSPS) is 15.7. The van der Waals surface area contributed by atoms with E-state index >= 15 is 0 Å². The van der Waals surface area contributed by atoms with Gasteiger partial charge < -0.3 is 5.32 Å². The van der Waals surface area contributed by atoms with Gasteiger partial charge in [0.1, 0.15) is 6.54 Å². The molecule has 1 fully saturated rings. The van der Waals surface area contributed by atoms with Gasteiger partial charge in [0.2, 0.25) is 11.7 Å². The molecular weight excluding hydrogens is 290 g/mol. The molecule has 1 N–H and O–H groups in total. The second kappa shape index (κ2) is 6.48. The van der Waals surface area contributed by atoms with Crippen molar-refractivity contribution in [2.75, 3.05) is 0 Å². The van der Waals surface area contributed by atoms with E-state index in [2.05, 4.69) is 46.7 Å². The first-order valence-corrected chi connectivity index (χ1v) is 8.20. The minimum absolute atomic E-state index is 0.0662. The Bertz CT molecular complexity index is 673. The lowest BCUT2D eigenvalue weighted by molar-refractivity contribution is -0.122. The second-order valence-electron chi connectivity index (χ2n) is 6.61. The lowest BCUT2D eigenvalue weighted by Crippen LogP contribution is -2.36. The molecule has 23 heavy (non-hydrogen) atoms. The van der Waals surface area contributed by atoms with Gasteiger partial charge >= 0.3 is 0 Å². The first-order valence-electron chi connectivity index (χ1n) is 8.20. The number of tetrazole rings is 1. The average Bonchev–Trinajstić information content (AvgIpc) is 3.28. The fourth-order valence-electron chi connectivity index (χ4n) is 2.58. The molecule has 1 aliphatic carbocycles. The van der Waals surface area contributed by atoms with E-state index in [1.54, 1.807) is 0 Å². The summed E-state index contributed by atoms with van der Waals surface area (Å²) in [5.74, 6) is 1.61. The molecule has 6 nitrogen and oxygen atoms in total. The number of nitrogens with zero attached hydrogens (tertiary/aromatic N) is 4. The summed E-state index contributed by atoms with van der Waals surface area (Å²) >= 11 is 0. The molecule has 0 spiro atoms. The predicted molar refractivity (Wildman–Crippen MR) is 87.7 cm³/mol. The highest BCUT2D eigenvalue weighted by Gasteiger charge is 2.28. The van der Waals surface area contributed by atoms with Crippen LogP contribution < -0.4 is 5.32 Å². The molecule has 1 aliphatic rings. The third kappa shape index (κ3) is 3.94. The van der Waals surface area contributed by atoms with E-state index in [1.807, 2.05) is 19.1 Å². The van der Waals surface area contributed by atoms with E-state index in [9.17, 15) is 4.79 Å². The highest BCUT2D eigenvalue weighted by molar-refractivity contribution is 5.75. The number of benzene rings is 1. The standard InChI is InChI=1S/C17H23N5O/c1-11(2)13-4-8-15(9-5-13)17-19-21-22(20-17)10-16(23)18-12(3)14-6-7-14/h4-5,8-9,11-12,14H,6-7,10H2,1-3H3,(H,18,23)/t12-/m0/s1. The number of carbonyl (C=O) groups excluding carboxylic acids is 1. The van der Waals surface area contributed by atoms with Crippen LogP contribution in [0.2, 0.25) is 0 Å². The minimum Gasteiger partial charge on any atom is -0.352 e. The van der Waals surface area contributed by atoms with Crippen molar-refractivity contribution < 1.29 is 4.79 Å². The molecule has 1 amide bonds. The van der Waals surface area contributed by atoms with Crippen molar-refractivity contribution in [2.24, 2.45) is 5.92 Å². The minimum atomic E-state index is -0.0662. The Kier molecular flexibility index (Phi) is 4.41. The number of hydrogen-bond donors (Lipinski definition) is 1. The molecule has 1 atom stereocenters. The Labute approximate surface area is 136 Å². The zero-order chi connectivity index (χ0) is 16.4. The number of carbonyl (C=O) groups is 1. The molecule has 1 aromatic carbocycles. The van der Waals surface area contributed by atoms with Crippen LogP contribution in [0.4, 0.5) is 0 Å². The number of hydrogen-bond acceptors (Lipinski definition) is 4. The molecule has 6 heteroatoms. The van der Waals surface area contributed by atoms with E-state index in [0.29, 0.717) is 17.7 Å². The summed E-state index contributed by atoms with van der Waals surface area (Å²) in [6.45, 7) is 6.47. The molecule has 1 aromatic heterocycles. The SMILES string of the molecule is CC(C)c1ccc(-c2nnn(CC(=O)N[C@@H](C)C3CC3)n2)cc1. The van der Waals surface area contributed by atoms with Crippen LogP contribution in [0.15, 0.2) is 24.3 Å². The summed E-state index contributed by atoms with van der Waals surface area (Å²) in [6.07, 6.45) is 2.42. The molecule has 0 saturated heterocycles. The lowest BCUT2D eigenvalue weighted by Gasteiger charge is -2.11. The maximum absolute atomic E-state index is 12.0. The molecule has 2 aromatic rings. The van der Waals surface area contributed by atoms with Gasteiger partial charge in [0, 0.05) is 11.6 Å². The second-order valence-corrected chi connectivity index (χ2v) is 6.61. The van der Waals surface area contributed by atoms with E-state index in [-0.39, 0.29) is 18.5 Å². The van der Waals surface area contributed by atoms with Crippen LogP contribution in [0.3, 0.4) is 0 Å². The van der Waals surface area contributed by atoms with Crippen LogP contribution in [0.1, 0.15) is 45.1 Å². The summed E-state index contributed by atoms with van der Waals surface area (Å²) in [6, 6.07) is 8.36. The summed E-state index contributed by atoms with van der Waals surface area (Å²) in [7, 11) is 0. The number of aromatic nitrogens is 4. The van der Waals surface area contributed by atoms with E-state index in [4.69, 9.17) is 0 Å². The van der Waals surface area contributed by atoms with Crippen LogP contribution in [-0.4, -0.2) is 32.2 Å². The summed E-state index contributed by atoms with van der Waals surface area (Å²) in [5.41, 5.74) is 2.18. The van der Waals surface area contributed by atoms with Crippen molar-refractivity contribution >= 4 is 5.91 Å². The van der Waals surface area contributed by atoms with E-state index in [1.165, 1.54) is 23.2 Å². The molecule has 0 unspecified atom stereocenters. The van der Waals surface area contributed by atoms with Crippen molar-refractivity contribution in [1.29, 1.82) is 0 Å². The maximum Gasteiger partial charge on any atom is 0.243 e. The Morgan fingerprint density at radius 2 is 1.96 bits per heavy atom. The third-order valence-electron chi connectivity index (χ3n) is 4.29. The van der Waals surface area contributed by atoms with Gasteiger partial charge in [-0.25, -0.2) is 0 Å². The van der Waals surface area contributed by atoms with Crippen molar-refractivity contribution in [3.63, 3.8) is 0 Å². The third-order valence-corrected chi connectivity index (χ3v) is 4.29. The first-order chi connectivity index (χ1) is 11.0. The van der Waals surface area contributed by atoms with Gasteiger partial charge in [-0.3, -0.25) is 4.79 Å². The fourth-order valence-corrected chi connectivity index (χ4v) is 2.58. The van der Waals surface area contributed by atoms with Gasteiger partial charge in [-0.15, -0.1) is 10.2 Å². The fraction of sp³-hybridized carbons (Fsp3) is 0.529. The highest BCUT2D eigenvalue weighted by atomic mass is 16.2. The summed E-state index contributed by atoms with van der Waals surface area (Å²) < 4.78 is 0. The molecule has 1 saturated carbocycles. The Morgan fingerprint density at radius 3 is 2.57 bits per heavy atom. The highest BCUT2D eigenvalue weighted by Crippen LogP contribution is 2.32. The monoisotopic (exact) mass is 313 g/mol. The van der Waals surface area contributed by atoms with Gasteiger partial charge in [0.15, 0.2) is 0 Å². The van der Waals surface area contributed by atoms with Crippen LogP contribution >= 0.6 is 0 Å². The molecule has 1 heterocycles. The zero-order valence-corrected chi connectivity index (χ0v) is 13.9. The smallest absolute Gasteiger partial charge is 0.243 e. The molecular formula is C17H23N5O. The lowest BCUT2D eigenvalue weighted by atomic mass is 10.0. The number of nitrogens with one attached hydrogen (secondary N) is 1. The van der Waals surface area contributed by atoms with Gasteiger partial charge in [-0.2, -0.15) is 4.80 Å². The Morgan fingerprint density at radius 1 is 1.26 bits per heavy atom. The van der Waals surface area contributed by atoms with Crippen LogP contribution in [0.5, 0.6) is 0 Å². The summed E-state index contributed by atoms with van der Waals surface area (Å²) in [4.78, 5) is 13.3. The number of amides is 1. The average molecular weight is 313 g/mol.